The van der Waals surface area contributed by atoms with E-state index in [1.54, 1.807) is 26.4 Å². The molecule has 1 aromatic heterocycles. The zero-order chi connectivity index (χ0) is 16.2. The van der Waals surface area contributed by atoms with Gasteiger partial charge in [0.05, 0.1) is 24.4 Å². The van der Waals surface area contributed by atoms with Gasteiger partial charge in [-0.15, -0.1) is 11.3 Å². The fourth-order valence-corrected chi connectivity index (χ4v) is 3.03. The lowest BCUT2D eigenvalue weighted by Gasteiger charge is -2.05. The van der Waals surface area contributed by atoms with E-state index >= 15 is 0 Å². The van der Waals surface area contributed by atoms with Crippen molar-refractivity contribution in [3.8, 4) is 11.5 Å². The Balaban J connectivity index is 1.85. The quantitative estimate of drug-likeness (QED) is 0.521. The van der Waals surface area contributed by atoms with E-state index in [9.17, 15) is 4.79 Å². The summed E-state index contributed by atoms with van der Waals surface area (Å²) in [6.45, 7) is 0. The number of thiazole rings is 1. The van der Waals surface area contributed by atoms with Gasteiger partial charge in [-0.3, -0.25) is 4.79 Å². The minimum Gasteiger partial charge on any atom is -0.497 e. The number of aromatic nitrogens is 1. The predicted molar refractivity (Wildman–Crippen MR) is 92.5 cm³/mol. The lowest BCUT2D eigenvalue weighted by Crippen LogP contribution is -1.92. The molecule has 116 valence electrons. The first-order valence-electron chi connectivity index (χ1n) is 7.00. The van der Waals surface area contributed by atoms with Crippen LogP contribution in [-0.4, -0.2) is 25.0 Å². The molecule has 0 unspecified atom stereocenters. The first kappa shape index (κ1) is 15.2. The second kappa shape index (κ2) is 6.62. The molecule has 0 aliphatic rings. The number of rotatable bonds is 5. The van der Waals surface area contributed by atoms with Crippen LogP contribution in [0.1, 0.15) is 15.4 Å². The van der Waals surface area contributed by atoms with Crippen molar-refractivity contribution >= 4 is 33.4 Å². The molecule has 0 radical (unpaired) electrons. The molecule has 0 saturated heterocycles. The second-order valence-electron chi connectivity index (χ2n) is 4.83. The largest absolute Gasteiger partial charge is 0.497 e. The number of hydrogen-bond donors (Lipinski definition) is 0. The smallest absolute Gasteiger partial charge is 0.214 e. The number of fused-ring (bicyclic) bond motifs is 1. The monoisotopic (exact) mass is 325 g/mol. The van der Waals surface area contributed by atoms with Crippen LogP contribution in [0.4, 0.5) is 0 Å². The number of ketones is 1. The van der Waals surface area contributed by atoms with Crippen molar-refractivity contribution in [1.82, 2.24) is 4.98 Å². The Morgan fingerprint density at radius 1 is 1.09 bits per heavy atom. The van der Waals surface area contributed by atoms with Gasteiger partial charge in [0, 0.05) is 6.07 Å². The minimum absolute atomic E-state index is 0.118. The van der Waals surface area contributed by atoms with Crippen molar-refractivity contribution in [2.45, 2.75) is 0 Å². The highest BCUT2D eigenvalue weighted by atomic mass is 32.1. The highest BCUT2D eigenvalue weighted by molar-refractivity contribution is 7.20. The van der Waals surface area contributed by atoms with Crippen molar-refractivity contribution in [2.24, 2.45) is 0 Å². The van der Waals surface area contributed by atoms with Crippen molar-refractivity contribution in [1.29, 1.82) is 0 Å². The molecule has 23 heavy (non-hydrogen) atoms. The van der Waals surface area contributed by atoms with Crippen LogP contribution in [0, 0.1) is 0 Å². The number of hydrogen-bond acceptors (Lipinski definition) is 5. The Labute approximate surface area is 138 Å². The summed E-state index contributed by atoms with van der Waals surface area (Å²) < 4.78 is 11.4. The van der Waals surface area contributed by atoms with Crippen molar-refractivity contribution in [3.63, 3.8) is 0 Å². The molecule has 0 N–H and O–H groups in total. The summed E-state index contributed by atoms with van der Waals surface area (Å²) in [7, 11) is 3.18. The summed E-state index contributed by atoms with van der Waals surface area (Å²) >= 11 is 1.39. The van der Waals surface area contributed by atoms with E-state index in [1.807, 2.05) is 36.4 Å². The molecule has 0 bridgehead atoms. The molecule has 0 aliphatic heterocycles. The molecule has 5 heteroatoms. The molecule has 4 nitrogen and oxygen atoms in total. The van der Waals surface area contributed by atoms with Gasteiger partial charge in [-0.05, 0) is 35.9 Å². The van der Waals surface area contributed by atoms with E-state index in [2.05, 4.69) is 4.98 Å². The van der Waals surface area contributed by atoms with Gasteiger partial charge in [0.1, 0.15) is 11.5 Å². The number of carbonyl (C=O) groups excluding carboxylic acids is 1. The maximum atomic E-state index is 12.3. The van der Waals surface area contributed by atoms with E-state index in [4.69, 9.17) is 9.47 Å². The fourth-order valence-electron chi connectivity index (χ4n) is 2.15. The molecule has 0 saturated carbocycles. The number of carbonyl (C=O) groups is 1. The van der Waals surface area contributed by atoms with Gasteiger partial charge in [-0.25, -0.2) is 4.98 Å². The van der Waals surface area contributed by atoms with E-state index in [0.29, 0.717) is 16.5 Å². The van der Waals surface area contributed by atoms with E-state index in [0.717, 1.165) is 15.8 Å². The molecule has 3 rings (SSSR count). The average Bonchev–Trinajstić information content (AvgIpc) is 3.03. The van der Waals surface area contributed by atoms with Gasteiger partial charge in [-0.1, -0.05) is 18.2 Å². The van der Waals surface area contributed by atoms with Gasteiger partial charge in [0.25, 0.3) is 0 Å². The first-order chi connectivity index (χ1) is 11.2. The molecule has 0 atom stereocenters. The third kappa shape index (κ3) is 3.40. The molecule has 1 heterocycles. The van der Waals surface area contributed by atoms with E-state index in [1.165, 1.54) is 17.4 Å². The van der Waals surface area contributed by atoms with Gasteiger partial charge in [0.15, 0.2) is 5.01 Å². The number of allylic oxidation sites excluding steroid dienone is 1. The highest BCUT2D eigenvalue weighted by Gasteiger charge is 2.09. The maximum absolute atomic E-state index is 12.3. The average molecular weight is 325 g/mol. The summed E-state index contributed by atoms with van der Waals surface area (Å²) in [6, 6.07) is 13.2. The minimum atomic E-state index is -0.118. The summed E-state index contributed by atoms with van der Waals surface area (Å²) in [5, 5.41) is 0.484. The summed E-state index contributed by atoms with van der Waals surface area (Å²) in [4.78, 5) is 16.7. The Morgan fingerprint density at radius 2 is 1.78 bits per heavy atom. The third-order valence-electron chi connectivity index (χ3n) is 3.31. The lowest BCUT2D eigenvalue weighted by atomic mass is 10.1. The van der Waals surface area contributed by atoms with Crippen LogP contribution in [0.3, 0.4) is 0 Å². The van der Waals surface area contributed by atoms with Crippen LogP contribution in [0.15, 0.2) is 48.5 Å². The first-order valence-corrected chi connectivity index (χ1v) is 7.82. The molecule has 2 aromatic carbocycles. The number of methoxy groups -OCH3 is 2. The number of para-hydroxylation sites is 1. The number of ether oxygens (including phenoxy) is 2. The van der Waals surface area contributed by atoms with E-state index in [-0.39, 0.29) is 5.78 Å². The second-order valence-corrected chi connectivity index (χ2v) is 5.86. The van der Waals surface area contributed by atoms with Gasteiger partial charge < -0.3 is 9.47 Å². The van der Waals surface area contributed by atoms with Crippen molar-refractivity contribution in [3.05, 3.63) is 59.1 Å². The van der Waals surface area contributed by atoms with Crippen LogP contribution < -0.4 is 9.47 Å². The topological polar surface area (TPSA) is 48.4 Å². The van der Waals surface area contributed by atoms with Crippen LogP contribution in [0.5, 0.6) is 11.5 Å². The van der Waals surface area contributed by atoms with Crippen LogP contribution in [0.25, 0.3) is 16.3 Å². The Bertz CT molecular complexity index is 828. The Hall–Kier alpha value is -2.66. The van der Waals surface area contributed by atoms with Gasteiger partial charge in [-0.2, -0.15) is 0 Å². The Morgan fingerprint density at radius 3 is 2.43 bits per heavy atom. The summed E-state index contributed by atoms with van der Waals surface area (Å²) in [5.74, 6) is 1.24. The zero-order valence-electron chi connectivity index (χ0n) is 12.8. The number of nitrogens with zero attached hydrogens (tertiary/aromatic N) is 1. The number of benzene rings is 2. The standard InChI is InChI=1S/C18H15NO3S/c1-21-13-9-12(10-14(11-13)22-2)7-8-16(20)18-19-15-5-3-4-6-17(15)23-18/h3-11H,1-2H3/b8-7+. The van der Waals surface area contributed by atoms with Crippen molar-refractivity contribution < 1.29 is 14.3 Å². The Kier molecular flexibility index (Phi) is 4.39. The molecular formula is C18H15NO3S. The fraction of sp³-hybridized carbons (Fsp3) is 0.111. The highest BCUT2D eigenvalue weighted by Crippen LogP contribution is 2.24. The van der Waals surface area contributed by atoms with Crippen LogP contribution in [-0.2, 0) is 0 Å². The zero-order valence-corrected chi connectivity index (χ0v) is 13.6. The van der Waals surface area contributed by atoms with E-state index < -0.39 is 0 Å². The third-order valence-corrected chi connectivity index (χ3v) is 4.36. The molecule has 0 spiro atoms. The van der Waals surface area contributed by atoms with Crippen LogP contribution >= 0.6 is 11.3 Å². The van der Waals surface area contributed by atoms with Gasteiger partial charge in [0.2, 0.25) is 5.78 Å². The molecule has 3 aromatic rings. The van der Waals surface area contributed by atoms with Crippen LogP contribution in [0.2, 0.25) is 0 Å². The van der Waals surface area contributed by atoms with Crippen molar-refractivity contribution in [2.75, 3.05) is 14.2 Å². The molecule has 0 aliphatic carbocycles. The maximum Gasteiger partial charge on any atom is 0.214 e. The molecule has 0 amide bonds. The summed E-state index contributed by atoms with van der Waals surface area (Å²) in [6.07, 6.45) is 3.26. The molecular weight excluding hydrogens is 310 g/mol. The van der Waals surface area contributed by atoms with Gasteiger partial charge >= 0.3 is 0 Å². The summed E-state index contributed by atoms with van der Waals surface area (Å²) in [5.41, 5.74) is 1.67. The normalized spacial score (nSPS) is 11.0. The predicted octanol–water partition coefficient (Wildman–Crippen LogP) is 4.21. The SMILES string of the molecule is COc1cc(/C=C/C(=O)c2nc3ccccc3s2)cc(OC)c1. The molecule has 0 fully saturated rings. The lowest BCUT2D eigenvalue weighted by molar-refractivity contribution is 0.104.